The van der Waals surface area contributed by atoms with Gasteiger partial charge in [0, 0.05) is 35.8 Å². The van der Waals surface area contributed by atoms with Crippen molar-refractivity contribution >= 4 is 47.4 Å². The highest BCUT2D eigenvalue weighted by Gasteiger charge is 2.31. The molecule has 2 fully saturated rings. The first-order valence-electron chi connectivity index (χ1n) is 8.05. The summed E-state index contributed by atoms with van der Waals surface area (Å²) in [5, 5.41) is 3.50. The van der Waals surface area contributed by atoms with E-state index in [0.29, 0.717) is 6.04 Å². The lowest BCUT2D eigenvalue weighted by Crippen LogP contribution is -2.47. The first-order chi connectivity index (χ1) is 9.86. The average Bonchev–Trinajstić information content (AvgIpc) is 2.52. The lowest BCUT2D eigenvalue weighted by molar-refractivity contribution is 0.103. The van der Waals surface area contributed by atoms with Crippen molar-refractivity contribution in [3.63, 3.8) is 0 Å². The molecule has 5 heteroatoms. The molecule has 1 heterocycles. The van der Waals surface area contributed by atoms with Crippen molar-refractivity contribution in [2.45, 2.75) is 38.1 Å². The Morgan fingerprint density at radius 3 is 2.27 bits per heavy atom. The Morgan fingerprint density at radius 1 is 1.00 bits per heavy atom. The van der Waals surface area contributed by atoms with E-state index in [1.807, 2.05) is 0 Å². The Labute approximate surface area is 160 Å². The third kappa shape index (κ3) is 4.97. The van der Waals surface area contributed by atoms with Crippen molar-refractivity contribution in [2.75, 3.05) is 26.2 Å². The van der Waals surface area contributed by atoms with Crippen LogP contribution in [-0.2, 0) is 0 Å². The fourth-order valence-electron chi connectivity index (χ4n) is 3.87. The maximum atomic E-state index is 3.50. The van der Waals surface area contributed by atoms with E-state index in [0.717, 1.165) is 19.0 Å². The molecule has 1 aliphatic carbocycles. The number of piperazine rings is 1. The highest BCUT2D eigenvalue weighted by atomic mass is 127. The summed E-state index contributed by atoms with van der Waals surface area (Å²) in [6.07, 6.45) is 7.13. The van der Waals surface area contributed by atoms with Crippen LogP contribution in [0.3, 0.4) is 0 Å². The van der Waals surface area contributed by atoms with E-state index in [1.165, 1.54) is 48.8 Å². The van der Waals surface area contributed by atoms with Crippen molar-refractivity contribution in [1.29, 1.82) is 0 Å². The second-order valence-corrected chi connectivity index (χ2v) is 7.31. The van der Waals surface area contributed by atoms with Crippen LogP contribution in [0.5, 0.6) is 0 Å². The summed E-state index contributed by atoms with van der Waals surface area (Å²) in [7, 11) is 0. The van der Waals surface area contributed by atoms with E-state index in [-0.39, 0.29) is 24.8 Å². The molecule has 0 radical (unpaired) electrons. The normalized spacial score (nSPS) is 21.5. The van der Waals surface area contributed by atoms with Crippen molar-refractivity contribution in [3.05, 3.63) is 33.4 Å². The van der Waals surface area contributed by atoms with Crippen LogP contribution in [0, 0.1) is 9.49 Å². The topological polar surface area (TPSA) is 15.3 Å². The summed E-state index contributed by atoms with van der Waals surface area (Å²) in [4.78, 5) is 2.74. The minimum atomic E-state index is 0. The number of rotatable bonds is 3. The number of hydrogen-bond acceptors (Lipinski definition) is 2. The molecule has 0 spiro atoms. The molecule has 0 aromatic heterocycles. The summed E-state index contributed by atoms with van der Waals surface area (Å²) < 4.78 is 1.44. The molecule has 3 rings (SSSR count). The fourth-order valence-corrected chi connectivity index (χ4v) is 4.58. The maximum absolute atomic E-state index is 3.50. The number of nitrogens with one attached hydrogen (secondary N) is 1. The SMILES string of the molecule is Cl.Cl.Ic1ccccc1[C@H](C1CCCCC1)N1CCNCC1. The molecule has 2 nitrogen and oxygen atoms in total. The van der Waals surface area contributed by atoms with Crippen molar-refractivity contribution in [3.8, 4) is 0 Å². The van der Waals surface area contributed by atoms with Gasteiger partial charge < -0.3 is 5.32 Å². The van der Waals surface area contributed by atoms with Crippen LogP contribution in [0.15, 0.2) is 24.3 Å². The first kappa shape index (κ1) is 20.5. The molecule has 22 heavy (non-hydrogen) atoms. The zero-order valence-electron chi connectivity index (χ0n) is 13.0. The third-order valence-electron chi connectivity index (χ3n) is 4.87. The molecule has 2 aliphatic rings. The quantitative estimate of drug-likeness (QED) is 0.665. The maximum Gasteiger partial charge on any atom is 0.0387 e. The molecule has 1 aliphatic heterocycles. The van der Waals surface area contributed by atoms with Gasteiger partial charge in [-0.1, -0.05) is 37.5 Å². The Morgan fingerprint density at radius 2 is 1.64 bits per heavy atom. The lowest BCUT2D eigenvalue weighted by atomic mass is 9.80. The summed E-state index contributed by atoms with van der Waals surface area (Å²) in [6, 6.07) is 9.67. The molecule has 1 atom stereocenters. The van der Waals surface area contributed by atoms with E-state index < -0.39 is 0 Å². The van der Waals surface area contributed by atoms with Gasteiger partial charge in [0.25, 0.3) is 0 Å². The molecule has 126 valence electrons. The number of benzene rings is 1. The zero-order valence-corrected chi connectivity index (χ0v) is 16.8. The molecule has 0 amide bonds. The monoisotopic (exact) mass is 456 g/mol. The number of halogens is 3. The van der Waals surface area contributed by atoms with Crippen molar-refractivity contribution in [2.24, 2.45) is 5.92 Å². The van der Waals surface area contributed by atoms with Gasteiger partial charge in [-0.2, -0.15) is 0 Å². The fraction of sp³-hybridized carbons (Fsp3) is 0.647. The summed E-state index contributed by atoms with van der Waals surface area (Å²) in [6.45, 7) is 4.69. The van der Waals surface area contributed by atoms with Crippen LogP contribution in [0.4, 0.5) is 0 Å². The molecular formula is C17H27Cl2IN2. The van der Waals surface area contributed by atoms with Gasteiger partial charge >= 0.3 is 0 Å². The second-order valence-electron chi connectivity index (χ2n) is 6.15. The van der Waals surface area contributed by atoms with E-state index in [4.69, 9.17) is 0 Å². The molecule has 1 aromatic carbocycles. The van der Waals surface area contributed by atoms with Crippen LogP contribution < -0.4 is 5.32 Å². The highest BCUT2D eigenvalue weighted by Crippen LogP contribution is 2.39. The van der Waals surface area contributed by atoms with E-state index in [2.05, 4.69) is 57.1 Å². The van der Waals surface area contributed by atoms with Gasteiger partial charge in [0.15, 0.2) is 0 Å². The predicted octanol–water partition coefficient (Wildman–Crippen LogP) is 4.66. The van der Waals surface area contributed by atoms with Crippen molar-refractivity contribution < 1.29 is 0 Å². The number of nitrogens with zero attached hydrogens (tertiary/aromatic N) is 1. The first-order valence-corrected chi connectivity index (χ1v) is 9.13. The predicted molar refractivity (Wildman–Crippen MR) is 107 cm³/mol. The van der Waals surface area contributed by atoms with E-state index in [1.54, 1.807) is 5.56 Å². The Kier molecular flexibility index (Phi) is 9.64. The van der Waals surface area contributed by atoms with Crippen LogP contribution in [-0.4, -0.2) is 31.1 Å². The Hall–Kier alpha value is 0.450. The molecule has 1 saturated heterocycles. The lowest BCUT2D eigenvalue weighted by Gasteiger charge is -2.41. The number of hydrogen-bond donors (Lipinski definition) is 1. The van der Waals surface area contributed by atoms with Crippen LogP contribution in [0.1, 0.15) is 43.7 Å². The minimum Gasteiger partial charge on any atom is -0.314 e. The van der Waals surface area contributed by atoms with Gasteiger partial charge in [-0.25, -0.2) is 0 Å². The molecule has 1 N–H and O–H groups in total. The third-order valence-corrected chi connectivity index (χ3v) is 5.85. The van der Waals surface area contributed by atoms with Crippen LogP contribution in [0.25, 0.3) is 0 Å². The van der Waals surface area contributed by atoms with Gasteiger partial charge in [-0.3, -0.25) is 4.90 Å². The summed E-state index contributed by atoms with van der Waals surface area (Å²) in [5.74, 6) is 0.859. The zero-order chi connectivity index (χ0) is 13.8. The minimum absolute atomic E-state index is 0. The molecule has 0 bridgehead atoms. The second kappa shape index (κ2) is 10.3. The van der Waals surface area contributed by atoms with Crippen LogP contribution in [0.2, 0.25) is 0 Å². The van der Waals surface area contributed by atoms with Gasteiger partial charge in [-0.05, 0) is 53.0 Å². The van der Waals surface area contributed by atoms with Gasteiger partial charge in [-0.15, -0.1) is 24.8 Å². The van der Waals surface area contributed by atoms with E-state index in [9.17, 15) is 0 Å². The van der Waals surface area contributed by atoms with E-state index >= 15 is 0 Å². The summed E-state index contributed by atoms with van der Waals surface area (Å²) >= 11 is 2.53. The van der Waals surface area contributed by atoms with Crippen molar-refractivity contribution in [1.82, 2.24) is 10.2 Å². The molecule has 0 unspecified atom stereocenters. The highest BCUT2D eigenvalue weighted by molar-refractivity contribution is 14.1. The molecular weight excluding hydrogens is 430 g/mol. The van der Waals surface area contributed by atoms with Gasteiger partial charge in [0.1, 0.15) is 0 Å². The molecule has 1 saturated carbocycles. The summed E-state index contributed by atoms with van der Waals surface area (Å²) in [5.41, 5.74) is 1.57. The largest absolute Gasteiger partial charge is 0.314 e. The van der Waals surface area contributed by atoms with Gasteiger partial charge in [0.05, 0.1) is 0 Å². The van der Waals surface area contributed by atoms with Crippen LogP contribution >= 0.6 is 47.4 Å². The van der Waals surface area contributed by atoms with Gasteiger partial charge in [0.2, 0.25) is 0 Å². The Bertz CT molecular complexity index is 414. The standard InChI is InChI=1S/C17H25IN2.2ClH/c18-16-9-5-4-8-15(16)17(14-6-2-1-3-7-14)20-12-10-19-11-13-20;;/h4-5,8-9,14,17,19H,1-3,6-7,10-13H2;2*1H/t17-;;/m0../s1. The Balaban J connectivity index is 0.00000121. The molecule has 1 aromatic rings. The average molecular weight is 457 g/mol. The smallest absolute Gasteiger partial charge is 0.0387 e.